The minimum atomic E-state index is -0.179. The molecule has 0 aliphatic carbocycles. The average molecular weight is 381 g/mol. The largest absolute Gasteiger partial charge is 0.287 e. The maximum atomic E-state index is 12.3. The van der Waals surface area contributed by atoms with E-state index >= 15 is 0 Å². The molecule has 2 aromatic rings. The highest BCUT2D eigenvalue weighted by molar-refractivity contribution is 14.1. The number of aryl methyl sites for hydroxylation is 1. The van der Waals surface area contributed by atoms with Crippen LogP contribution in [0.4, 0.5) is 0 Å². The molecular weight excluding hydrogens is 374 g/mol. The van der Waals surface area contributed by atoms with Crippen molar-refractivity contribution in [1.82, 2.24) is 9.78 Å². The summed E-state index contributed by atoms with van der Waals surface area (Å²) in [5, 5.41) is 4.80. The summed E-state index contributed by atoms with van der Waals surface area (Å²) in [4.78, 5) is 12.3. The zero-order valence-corrected chi connectivity index (χ0v) is 12.4. The van der Waals surface area contributed by atoms with Gasteiger partial charge in [0.05, 0.1) is 11.2 Å². The van der Waals surface area contributed by atoms with Crippen molar-refractivity contribution in [2.75, 3.05) is 0 Å². The third-order valence-corrected chi connectivity index (χ3v) is 3.73. The lowest BCUT2D eigenvalue weighted by atomic mass is 10.1. The van der Waals surface area contributed by atoms with Gasteiger partial charge in [0.25, 0.3) is 0 Å². The molecule has 0 atom stereocenters. The van der Waals surface area contributed by atoms with Crippen LogP contribution in [-0.4, -0.2) is 15.6 Å². The normalized spacial score (nSPS) is 10.6. The van der Waals surface area contributed by atoms with Crippen molar-refractivity contribution in [1.29, 1.82) is 0 Å². The number of ketones is 1. The summed E-state index contributed by atoms with van der Waals surface area (Å²) in [7, 11) is 1.68. The Bertz CT molecular complexity index is 576. The van der Waals surface area contributed by atoms with Crippen molar-refractivity contribution in [3.63, 3.8) is 0 Å². The third-order valence-electron chi connectivity index (χ3n) is 2.28. The number of hydrogen-bond donors (Lipinski definition) is 0. The second-order valence-corrected chi connectivity index (χ2v) is 5.42. The second-order valence-electron chi connectivity index (χ2n) is 3.42. The van der Waals surface area contributed by atoms with Crippen molar-refractivity contribution in [2.45, 2.75) is 0 Å². The first-order valence-corrected chi connectivity index (χ1v) is 6.51. The van der Waals surface area contributed by atoms with Gasteiger partial charge in [0.15, 0.2) is 0 Å². The number of carbonyl (C=O) groups excluding carboxylic acids is 1. The minimum Gasteiger partial charge on any atom is -0.287 e. The van der Waals surface area contributed by atoms with E-state index in [-0.39, 0.29) is 5.78 Å². The van der Waals surface area contributed by atoms with Crippen LogP contribution in [0.25, 0.3) is 0 Å². The zero-order chi connectivity index (χ0) is 12.6. The number of carbonyl (C=O) groups is 1. The lowest BCUT2D eigenvalue weighted by Crippen LogP contribution is -2.10. The summed E-state index contributed by atoms with van der Waals surface area (Å²) < 4.78 is 2.29. The molecule has 1 heterocycles. The van der Waals surface area contributed by atoms with Gasteiger partial charge in [-0.25, -0.2) is 0 Å². The maximum absolute atomic E-state index is 12.3. The van der Waals surface area contributed by atoms with Gasteiger partial charge in [-0.05, 0) is 40.8 Å². The van der Waals surface area contributed by atoms with Crippen LogP contribution in [0, 0.1) is 3.57 Å². The number of aromatic nitrogens is 2. The Labute approximate surface area is 122 Å². The quantitative estimate of drug-likeness (QED) is 0.589. The van der Waals surface area contributed by atoms with Gasteiger partial charge in [-0.2, -0.15) is 5.10 Å². The molecule has 0 N–H and O–H groups in total. The highest BCUT2D eigenvalue weighted by Crippen LogP contribution is 2.24. The van der Waals surface area contributed by atoms with Crippen molar-refractivity contribution < 1.29 is 4.79 Å². The first-order valence-electron chi connectivity index (χ1n) is 4.68. The molecule has 17 heavy (non-hydrogen) atoms. The molecule has 88 valence electrons. The molecule has 0 amide bonds. The standard InChI is InChI=1S/C11H7Cl2IN2O/c1-16-10(8(13)5-15-16)11(17)7-4-6(12)2-3-9(7)14/h2-5H,1H3. The topological polar surface area (TPSA) is 34.9 Å². The van der Waals surface area contributed by atoms with E-state index in [1.165, 1.54) is 10.9 Å². The fourth-order valence-electron chi connectivity index (χ4n) is 1.47. The monoisotopic (exact) mass is 380 g/mol. The first-order chi connectivity index (χ1) is 8.00. The van der Waals surface area contributed by atoms with E-state index in [0.717, 1.165) is 3.57 Å². The molecule has 0 aliphatic rings. The smallest absolute Gasteiger partial charge is 0.213 e. The van der Waals surface area contributed by atoms with Crippen LogP contribution in [0.3, 0.4) is 0 Å². The Morgan fingerprint density at radius 1 is 1.41 bits per heavy atom. The number of nitrogens with zero attached hydrogens (tertiary/aromatic N) is 2. The molecule has 0 saturated carbocycles. The summed E-state index contributed by atoms with van der Waals surface area (Å²) in [6.07, 6.45) is 1.45. The van der Waals surface area contributed by atoms with Gasteiger partial charge in [-0.3, -0.25) is 9.48 Å². The van der Waals surface area contributed by atoms with Crippen molar-refractivity contribution >= 4 is 51.6 Å². The van der Waals surface area contributed by atoms with E-state index in [4.69, 9.17) is 23.2 Å². The van der Waals surface area contributed by atoms with Crippen molar-refractivity contribution in [2.24, 2.45) is 7.05 Å². The van der Waals surface area contributed by atoms with Crippen LogP contribution >= 0.6 is 45.8 Å². The van der Waals surface area contributed by atoms with Gasteiger partial charge >= 0.3 is 0 Å². The summed E-state index contributed by atoms with van der Waals surface area (Å²) in [6, 6.07) is 5.17. The Morgan fingerprint density at radius 2 is 2.12 bits per heavy atom. The molecule has 0 bridgehead atoms. The lowest BCUT2D eigenvalue weighted by Gasteiger charge is -2.05. The highest BCUT2D eigenvalue weighted by Gasteiger charge is 2.19. The van der Waals surface area contributed by atoms with Crippen LogP contribution in [-0.2, 0) is 7.05 Å². The minimum absolute atomic E-state index is 0.179. The van der Waals surface area contributed by atoms with Gasteiger partial charge in [0, 0.05) is 21.2 Å². The Balaban J connectivity index is 2.55. The summed E-state index contributed by atoms with van der Waals surface area (Å²) in [5.74, 6) is -0.179. The van der Waals surface area contributed by atoms with Gasteiger partial charge in [-0.1, -0.05) is 23.2 Å². The molecule has 0 spiro atoms. The molecule has 2 rings (SSSR count). The van der Waals surface area contributed by atoms with E-state index in [1.807, 2.05) is 0 Å². The fraction of sp³-hybridized carbons (Fsp3) is 0.0909. The molecule has 3 nitrogen and oxygen atoms in total. The summed E-state index contributed by atoms with van der Waals surface area (Å²) >= 11 is 13.9. The van der Waals surface area contributed by atoms with Crippen molar-refractivity contribution in [3.8, 4) is 0 Å². The van der Waals surface area contributed by atoms with E-state index in [9.17, 15) is 4.79 Å². The van der Waals surface area contributed by atoms with Gasteiger partial charge in [-0.15, -0.1) is 0 Å². The molecule has 6 heteroatoms. The van der Waals surface area contributed by atoms with E-state index < -0.39 is 0 Å². The lowest BCUT2D eigenvalue weighted by molar-refractivity contribution is 0.102. The molecule has 0 fully saturated rings. The molecule has 0 unspecified atom stereocenters. The van der Waals surface area contributed by atoms with Gasteiger partial charge < -0.3 is 0 Å². The van der Waals surface area contributed by atoms with Crippen LogP contribution in [0.2, 0.25) is 10.0 Å². The van der Waals surface area contributed by atoms with Crippen molar-refractivity contribution in [3.05, 3.63) is 49.3 Å². The predicted octanol–water partition coefficient (Wildman–Crippen LogP) is 3.56. The van der Waals surface area contributed by atoms with E-state index in [2.05, 4.69) is 27.7 Å². The van der Waals surface area contributed by atoms with E-state index in [0.29, 0.717) is 21.3 Å². The molecule has 1 aromatic heterocycles. The highest BCUT2D eigenvalue weighted by atomic mass is 127. The number of hydrogen-bond acceptors (Lipinski definition) is 2. The van der Waals surface area contributed by atoms with E-state index in [1.54, 1.807) is 25.2 Å². The van der Waals surface area contributed by atoms with Gasteiger partial charge in [0.2, 0.25) is 5.78 Å². The van der Waals surface area contributed by atoms with Crippen LogP contribution in [0.5, 0.6) is 0 Å². The average Bonchev–Trinajstić information content (AvgIpc) is 2.61. The summed E-state index contributed by atoms with van der Waals surface area (Å²) in [5.41, 5.74) is 0.899. The molecule has 1 aromatic carbocycles. The SMILES string of the molecule is Cn1ncc(Cl)c1C(=O)c1cc(Cl)ccc1I. The Morgan fingerprint density at radius 3 is 2.71 bits per heavy atom. The molecule has 0 aliphatic heterocycles. The Kier molecular flexibility index (Phi) is 3.75. The predicted molar refractivity (Wildman–Crippen MR) is 75.8 cm³/mol. The number of rotatable bonds is 2. The zero-order valence-electron chi connectivity index (χ0n) is 8.75. The molecule has 0 saturated heterocycles. The number of benzene rings is 1. The fourth-order valence-corrected chi connectivity index (χ4v) is 2.47. The summed E-state index contributed by atoms with van der Waals surface area (Å²) in [6.45, 7) is 0. The van der Waals surface area contributed by atoms with Crippen LogP contribution < -0.4 is 0 Å². The molecular formula is C11H7Cl2IN2O. The third kappa shape index (κ3) is 2.48. The van der Waals surface area contributed by atoms with Gasteiger partial charge in [0.1, 0.15) is 5.69 Å². The van der Waals surface area contributed by atoms with Crippen LogP contribution in [0.1, 0.15) is 16.1 Å². The second kappa shape index (κ2) is 4.96. The molecule has 0 radical (unpaired) electrons. The van der Waals surface area contributed by atoms with Crippen LogP contribution in [0.15, 0.2) is 24.4 Å². The maximum Gasteiger partial charge on any atom is 0.213 e. The first kappa shape index (κ1) is 12.9. The number of halogens is 3. The Hall–Kier alpha value is -0.590.